The van der Waals surface area contributed by atoms with Crippen molar-refractivity contribution in [3.05, 3.63) is 61.3 Å². The van der Waals surface area contributed by atoms with E-state index in [0.717, 1.165) is 32.1 Å². The third kappa shape index (κ3) is 12.9. The Bertz CT molecular complexity index is 386. The van der Waals surface area contributed by atoms with Gasteiger partial charge in [0.15, 0.2) is 0 Å². The first-order valence-corrected chi connectivity index (χ1v) is 7.67. The zero-order chi connectivity index (χ0) is 15.8. The lowest BCUT2D eigenvalue weighted by molar-refractivity contribution is -0.140. The van der Waals surface area contributed by atoms with Crippen molar-refractivity contribution in [2.75, 3.05) is 0 Å². The number of carboxylic acids is 1. The summed E-state index contributed by atoms with van der Waals surface area (Å²) in [6, 6.07) is 0. The van der Waals surface area contributed by atoms with Gasteiger partial charge in [-0.1, -0.05) is 54.7 Å². The fourth-order valence-electron chi connectivity index (χ4n) is 1.81. The van der Waals surface area contributed by atoms with Gasteiger partial charge in [-0.3, -0.25) is 4.79 Å². The molecule has 0 aromatic rings. The van der Waals surface area contributed by atoms with E-state index in [1.54, 1.807) is 0 Å². The summed E-state index contributed by atoms with van der Waals surface area (Å²) >= 11 is 0. The first-order chi connectivity index (χ1) is 10.2. The predicted molar refractivity (Wildman–Crippen MR) is 91.3 cm³/mol. The third-order valence-corrected chi connectivity index (χ3v) is 3.01. The Kier molecular flexibility index (Phi) is 13.3. The zero-order valence-corrected chi connectivity index (χ0v) is 13.1. The van der Waals surface area contributed by atoms with Crippen LogP contribution < -0.4 is 0 Å². The molecule has 1 atom stereocenters. The van der Waals surface area contributed by atoms with Gasteiger partial charge in [0.2, 0.25) is 0 Å². The second kappa shape index (κ2) is 14.6. The summed E-state index contributed by atoms with van der Waals surface area (Å²) in [6.45, 7) is 5.65. The molecule has 0 aromatic heterocycles. The topological polar surface area (TPSA) is 37.3 Å². The van der Waals surface area contributed by atoms with Crippen molar-refractivity contribution in [2.45, 2.75) is 45.4 Å². The number of carbonyl (C=O) groups is 1. The quantitative estimate of drug-likeness (QED) is 0.294. The minimum atomic E-state index is -0.730. The molecule has 0 saturated carbocycles. The van der Waals surface area contributed by atoms with Crippen LogP contribution in [0.2, 0.25) is 0 Å². The molecular weight excluding hydrogens is 260 g/mol. The fourth-order valence-corrected chi connectivity index (χ4v) is 1.81. The van der Waals surface area contributed by atoms with Crippen molar-refractivity contribution in [3.63, 3.8) is 0 Å². The molecule has 0 aliphatic heterocycles. The number of rotatable bonds is 12. The van der Waals surface area contributed by atoms with Gasteiger partial charge in [0.25, 0.3) is 0 Å². The largest absolute Gasteiger partial charge is 0.481 e. The highest BCUT2D eigenvalue weighted by Gasteiger charge is 2.12. The van der Waals surface area contributed by atoms with E-state index in [1.165, 1.54) is 0 Å². The Morgan fingerprint density at radius 1 is 1.05 bits per heavy atom. The van der Waals surface area contributed by atoms with E-state index in [4.69, 9.17) is 0 Å². The molecule has 0 aliphatic carbocycles. The van der Waals surface area contributed by atoms with Gasteiger partial charge in [-0.25, -0.2) is 0 Å². The van der Waals surface area contributed by atoms with Gasteiger partial charge in [0.05, 0.1) is 5.92 Å². The van der Waals surface area contributed by atoms with Crippen LogP contribution in [0.15, 0.2) is 61.3 Å². The van der Waals surface area contributed by atoms with Gasteiger partial charge >= 0.3 is 5.97 Å². The van der Waals surface area contributed by atoms with Crippen molar-refractivity contribution >= 4 is 5.97 Å². The van der Waals surface area contributed by atoms with E-state index >= 15 is 0 Å². The van der Waals surface area contributed by atoms with Crippen molar-refractivity contribution in [1.82, 2.24) is 0 Å². The average Bonchev–Trinajstić information content (AvgIpc) is 2.47. The summed E-state index contributed by atoms with van der Waals surface area (Å²) in [5.74, 6) is -1.09. The van der Waals surface area contributed by atoms with Crippen LogP contribution in [0.1, 0.15) is 45.4 Å². The van der Waals surface area contributed by atoms with Gasteiger partial charge in [-0.15, -0.1) is 6.58 Å². The molecule has 1 N–H and O–H groups in total. The molecule has 0 amide bonds. The average molecular weight is 288 g/mol. The highest BCUT2D eigenvalue weighted by molar-refractivity contribution is 5.72. The van der Waals surface area contributed by atoms with Crippen LogP contribution in [0.25, 0.3) is 0 Å². The predicted octanol–water partition coefficient (Wildman–Crippen LogP) is 5.46. The van der Waals surface area contributed by atoms with Gasteiger partial charge in [-0.05, 0) is 45.4 Å². The number of allylic oxidation sites excluding steroid dienone is 8. The maximum Gasteiger partial charge on any atom is 0.310 e. The lowest BCUT2D eigenvalue weighted by Gasteiger charge is -2.06. The smallest absolute Gasteiger partial charge is 0.310 e. The summed E-state index contributed by atoms with van der Waals surface area (Å²) in [7, 11) is 0. The second-order valence-electron chi connectivity index (χ2n) is 4.86. The Hall–Kier alpha value is -1.83. The number of hydrogen-bond donors (Lipinski definition) is 1. The molecule has 0 saturated heterocycles. The molecule has 2 heteroatoms. The summed E-state index contributed by atoms with van der Waals surface area (Å²) < 4.78 is 0. The molecule has 0 heterocycles. The molecule has 0 aromatic carbocycles. The molecule has 1 unspecified atom stereocenters. The summed E-state index contributed by atoms with van der Waals surface area (Å²) in [5.41, 5.74) is 0. The lowest BCUT2D eigenvalue weighted by atomic mass is 10.0. The number of unbranched alkanes of at least 4 members (excludes halogenated alkanes) is 3. The Balaban J connectivity index is 3.94. The molecule has 0 radical (unpaired) electrons. The molecule has 2 nitrogen and oxygen atoms in total. The van der Waals surface area contributed by atoms with Crippen LogP contribution in [0.4, 0.5) is 0 Å². The first-order valence-electron chi connectivity index (χ1n) is 7.67. The van der Waals surface area contributed by atoms with Crippen LogP contribution in [-0.2, 0) is 4.79 Å². The third-order valence-electron chi connectivity index (χ3n) is 3.01. The van der Waals surface area contributed by atoms with Crippen molar-refractivity contribution in [2.24, 2.45) is 5.92 Å². The maximum atomic E-state index is 11.2. The molecule has 0 rings (SSSR count). The second-order valence-corrected chi connectivity index (χ2v) is 4.86. The van der Waals surface area contributed by atoms with E-state index in [-0.39, 0.29) is 5.92 Å². The standard InChI is InChI=1S/C19H28O2/c1-3-5-7-9-10-11-13-15-17-18(19(20)21)16-14-12-8-6-4-2/h3-5,7,9-11,14,16,18H,2,6,8,12-13,15,17H2,1H3,(H,20,21). The van der Waals surface area contributed by atoms with Crippen LogP contribution in [0.5, 0.6) is 0 Å². The Morgan fingerprint density at radius 3 is 2.43 bits per heavy atom. The van der Waals surface area contributed by atoms with Gasteiger partial charge in [0, 0.05) is 0 Å². The van der Waals surface area contributed by atoms with Crippen LogP contribution in [0, 0.1) is 5.92 Å². The van der Waals surface area contributed by atoms with E-state index in [0.29, 0.717) is 6.42 Å². The summed E-state index contributed by atoms with van der Waals surface area (Å²) in [4.78, 5) is 11.2. The van der Waals surface area contributed by atoms with Crippen molar-refractivity contribution in [1.29, 1.82) is 0 Å². The monoisotopic (exact) mass is 288 g/mol. The van der Waals surface area contributed by atoms with Crippen LogP contribution in [-0.4, -0.2) is 11.1 Å². The molecule has 21 heavy (non-hydrogen) atoms. The van der Waals surface area contributed by atoms with Crippen molar-refractivity contribution in [3.8, 4) is 0 Å². The number of carboxylic acid groups (broad SMARTS) is 1. The lowest BCUT2D eigenvalue weighted by Crippen LogP contribution is -2.10. The SMILES string of the molecule is C=CCCCC=CC(CCCC=CC=CC=CC)C(=O)O. The fraction of sp³-hybridized carbons (Fsp3) is 0.421. The van der Waals surface area contributed by atoms with Crippen LogP contribution in [0.3, 0.4) is 0 Å². The minimum Gasteiger partial charge on any atom is -0.481 e. The number of aliphatic carboxylic acids is 1. The Morgan fingerprint density at radius 2 is 1.76 bits per heavy atom. The van der Waals surface area contributed by atoms with Gasteiger partial charge in [0.1, 0.15) is 0 Å². The molecule has 0 spiro atoms. The first kappa shape index (κ1) is 19.2. The van der Waals surface area contributed by atoms with Gasteiger partial charge < -0.3 is 5.11 Å². The normalized spacial score (nSPS) is 13.8. The summed E-state index contributed by atoms with van der Waals surface area (Å²) in [5, 5.41) is 9.17. The highest BCUT2D eigenvalue weighted by atomic mass is 16.4. The minimum absolute atomic E-state index is 0.360. The molecule has 0 aliphatic rings. The highest BCUT2D eigenvalue weighted by Crippen LogP contribution is 2.12. The molecule has 0 fully saturated rings. The van der Waals surface area contributed by atoms with E-state index in [9.17, 15) is 9.90 Å². The molecular formula is C19H28O2. The molecule has 116 valence electrons. The number of hydrogen-bond acceptors (Lipinski definition) is 1. The molecule has 0 bridgehead atoms. The summed E-state index contributed by atoms with van der Waals surface area (Å²) in [6.07, 6.45) is 23.1. The van der Waals surface area contributed by atoms with Crippen molar-refractivity contribution < 1.29 is 9.90 Å². The Labute approximate surface area is 129 Å². The maximum absolute atomic E-state index is 11.2. The van der Waals surface area contributed by atoms with E-state index in [1.807, 2.05) is 55.5 Å². The zero-order valence-electron chi connectivity index (χ0n) is 13.1. The van der Waals surface area contributed by atoms with E-state index < -0.39 is 5.97 Å². The van der Waals surface area contributed by atoms with Crippen LogP contribution >= 0.6 is 0 Å². The van der Waals surface area contributed by atoms with Gasteiger partial charge in [-0.2, -0.15) is 0 Å². The van der Waals surface area contributed by atoms with E-state index in [2.05, 4.69) is 12.7 Å².